The van der Waals surface area contributed by atoms with Crippen LogP contribution in [0.25, 0.3) is 10.1 Å². The third-order valence-electron chi connectivity index (χ3n) is 4.16. The summed E-state index contributed by atoms with van der Waals surface area (Å²) >= 11 is 1.88. The van der Waals surface area contributed by atoms with Crippen LogP contribution >= 0.6 is 11.3 Å². The lowest BCUT2D eigenvalue weighted by Crippen LogP contribution is -2.25. The number of thiophene rings is 1. The lowest BCUT2D eigenvalue weighted by atomic mass is 9.83. The molecule has 0 amide bonds. The minimum atomic E-state index is 0.410. The molecule has 1 N–H and O–H groups in total. The molecule has 0 bridgehead atoms. The first-order valence-corrected chi connectivity index (χ1v) is 9.02. The lowest BCUT2D eigenvalue weighted by molar-refractivity contribution is 0.300. The molecular formula is C19H29NS. The van der Waals surface area contributed by atoms with E-state index in [-0.39, 0.29) is 0 Å². The monoisotopic (exact) mass is 303 g/mol. The van der Waals surface area contributed by atoms with E-state index in [1.807, 2.05) is 11.3 Å². The van der Waals surface area contributed by atoms with E-state index in [0.29, 0.717) is 5.41 Å². The maximum Gasteiger partial charge on any atom is 0.0345 e. The Morgan fingerprint density at radius 3 is 2.67 bits per heavy atom. The molecule has 1 heterocycles. The second-order valence-corrected chi connectivity index (χ2v) is 8.18. The molecule has 0 atom stereocenters. The van der Waals surface area contributed by atoms with Crippen molar-refractivity contribution in [1.29, 1.82) is 0 Å². The van der Waals surface area contributed by atoms with Crippen LogP contribution < -0.4 is 5.32 Å². The Morgan fingerprint density at radius 2 is 1.90 bits per heavy atom. The number of benzene rings is 1. The predicted molar refractivity (Wildman–Crippen MR) is 96.3 cm³/mol. The first-order chi connectivity index (χ1) is 9.98. The number of fused-ring (bicyclic) bond motifs is 1. The second-order valence-electron chi connectivity index (χ2n) is 7.27. The zero-order valence-corrected chi connectivity index (χ0v) is 14.7. The van der Waals surface area contributed by atoms with E-state index in [4.69, 9.17) is 0 Å². The minimum absolute atomic E-state index is 0.410. The summed E-state index contributed by atoms with van der Waals surface area (Å²) < 4.78 is 1.42. The second kappa shape index (κ2) is 7.42. The molecule has 2 aromatic rings. The van der Waals surface area contributed by atoms with Crippen molar-refractivity contribution in [3.05, 3.63) is 35.2 Å². The van der Waals surface area contributed by atoms with Gasteiger partial charge in [-0.05, 0) is 66.1 Å². The van der Waals surface area contributed by atoms with Crippen LogP contribution in [0.15, 0.2) is 29.6 Å². The summed E-state index contributed by atoms with van der Waals surface area (Å²) in [6.45, 7) is 11.6. The number of rotatable bonds is 8. The van der Waals surface area contributed by atoms with Gasteiger partial charge in [0.05, 0.1) is 0 Å². The van der Waals surface area contributed by atoms with Gasteiger partial charge in [-0.1, -0.05) is 45.9 Å². The zero-order chi connectivity index (χ0) is 15.3. The summed E-state index contributed by atoms with van der Waals surface area (Å²) in [6, 6.07) is 8.77. The van der Waals surface area contributed by atoms with Crippen LogP contribution in [0.5, 0.6) is 0 Å². The van der Waals surface area contributed by atoms with Gasteiger partial charge in [0.25, 0.3) is 0 Å². The first kappa shape index (κ1) is 16.5. The Kier molecular flexibility index (Phi) is 5.83. The fourth-order valence-corrected chi connectivity index (χ4v) is 3.64. The molecule has 0 fully saturated rings. The fourth-order valence-electron chi connectivity index (χ4n) is 2.64. The van der Waals surface area contributed by atoms with Gasteiger partial charge in [-0.25, -0.2) is 0 Å². The van der Waals surface area contributed by atoms with E-state index in [2.05, 4.69) is 62.7 Å². The van der Waals surface area contributed by atoms with Crippen molar-refractivity contribution >= 4 is 21.4 Å². The van der Waals surface area contributed by atoms with Crippen LogP contribution in [0.2, 0.25) is 0 Å². The van der Waals surface area contributed by atoms with E-state index in [0.717, 1.165) is 19.0 Å². The van der Waals surface area contributed by atoms with Crippen molar-refractivity contribution < 1.29 is 0 Å². The van der Waals surface area contributed by atoms with Crippen LogP contribution in [0.1, 0.15) is 46.1 Å². The molecule has 1 aromatic carbocycles. The summed E-state index contributed by atoms with van der Waals surface area (Å²) in [5, 5.41) is 7.37. The predicted octanol–water partition coefficient (Wildman–Crippen LogP) is 5.50. The van der Waals surface area contributed by atoms with E-state index >= 15 is 0 Å². The Balaban J connectivity index is 1.83. The average Bonchev–Trinajstić information content (AvgIpc) is 2.85. The van der Waals surface area contributed by atoms with E-state index in [1.165, 1.54) is 34.9 Å². The van der Waals surface area contributed by atoms with Gasteiger partial charge in [-0.2, -0.15) is 0 Å². The summed E-state index contributed by atoms with van der Waals surface area (Å²) in [7, 11) is 0. The molecular weight excluding hydrogens is 274 g/mol. The normalized spacial score (nSPS) is 12.4. The van der Waals surface area contributed by atoms with Crippen molar-refractivity contribution in [3.8, 4) is 0 Å². The number of nitrogens with one attached hydrogen (secondary N) is 1. The van der Waals surface area contributed by atoms with Crippen molar-refractivity contribution in [2.45, 2.75) is 47.0 Å². The molecule has 0 aliphatic carbocycles. The Labute approximate surface area is 133 Å². The van der Waals surface area contributed by atoms with Gasteiger partial charge < -0.3 is 5.32 Å². The van der Waals surface area contributed by atoms with Crippen molar-refractivity contribution in [3.63, 3.8) is 0 Å². The maximum atomic E-state index is 3.57. The molecule has 2 rings (SSSR count). The van der Waals surface area contributed by atoms with Gasteiger partial charge >= 0.3 is 0 Å². The van der Waals surface area contributed by atoms with Gasteiger partial charge in [0.2, 0.25) is 0 Å². The number of hydrogen-bond acceptors (Lipinski definition) is 2. The van der Waals surface area contributed by atoms with Crippen molar-refractivity contribution in [2.75, 3.05) is 13.1 Å². The van der Waals surface area contributed by atoms with E-state index < -0.39 is 0 Å². The molecule has 0 spiro atoms. The summed E-state index contributed by atoms with van der Waals surface area (Å²) in [6.07, 6.45) is 3.71. The SMILES string of the molecule is CC(C)CNCCC(C)(C)CCc1csc2ccccc12. The zero-order valence-electron chi connectivity index (χ0n) is 13.9. The largest absolute Gasteiger partial charge is 0.316 e. The fraction of sp³-hybridized carbons (Fsp3) is 0.579. The smallest absolute Gasteiger partial charge is 0.0345 e. The molecule has 0 unspecified atom stereocenters. The van der Waals surface area contributed by atoms with Crippen LogP contribution in [-0.4, -0.2) is 13.1 Å². The molecule has 0 radical (unpaired) electrons. The number of aryl methyl sites for hydroxylation is 1. The van der Waals surface area contributed by atoms with Crippen LogP contribution in [0.4, 0.5) is 0 Å². The number of hydrogen-bond donors (Lipinski definition) is 1. The first-order valence-electron chi connectivity index (χ1n) is 8.14. The van der Waals surface area contributed by atoms with Crippen LogP contribution in [0.3, 0.4) is 0 Å². The van der Waals surface area contributed by atoms with Gasteiger partial charge in [0.15, 0.2) is 0 Å². The highest BCUT2D eigenvalue weighted by atomic mass is 32.1. The molecule has 0 aliphatic heterocycles. The molecule has 0 saturated heterocycles. The third-order valence-corrected chi connectivity index (χ3v) is 5.18. The van der Waals surface area contributed by atoms with Crippen molar-refractivity contribution in [2.24, 2.45) is 11.3 Å². The van der Waals surface area contributed by atoms with Crippen LogP contribution in [0, 0.1) is 11.3 Å². The highest BCUT2D eigenvalue weighted by molar-refractivity contribution is 7.17. The Bertz CT molecular complexity index is 553. The van der Waals surface area contributed by atoms with E-state index in [1.54, 1.807) is 0 Å². The quantitative estimate of drug-likeness (QED) is 0.635. The highest BCUT2D eigenvalue weighted by Gasteiger charge is 2.18. The minimum Gasteiger partial charge on any atom is -0.316 e. The lowest BCUT2D eigenvalue weighted by Gasteiger charge is -2.25. The summed E-state index contributed by atoms with van der Waals surface area (Å²) in [5.41, 5.74) is 1.94. The Hall–Kier alpha value is -0.860. The summed E-state index contributed by atoms with van der Waals surface area (Å²) in [4.78, 5) is 0. The molecule has 116 valence electrons. The van der Waals surface area contributed by atoms with Gasteiger partial charge in [-0.15, -0.1) is 11.3 Å². The Morgan fingerprint density at radius 1 is 1.14 bits per heavy atom. The molecule has 2 heteroatoms. The molecule has 1 aromatic heterocycles. The molecule has 0 saturated carbocycles. The van der Waals surface area contributed by atoms with Gasteiger partial charge in [-0.3, -0.25) is 0 Å². The maximum absolute atomic E-state index is 3.57. The topological polar surface area (TPSA) is 12.0 Å². The van der Waals surface area contributed by atoms with Crippen LogP contribution in [-0.2, 0) is 6.42 Å². The van der Waals surface area contributed by atoms with Crippen molar-refractivity contribution in [1.82, 2.24) is 5.32 Å². The third kappa shape index (κ3) is 5.12. The van der Waals surface area contributed by atoms with Gasteiger partial charge in [0.1, 0.15) is 0 Å². The highest BCUT2D eigenvalue weighted by Crippen LogP contribution is 2.31. The average molecular weight is 304 g/mol. The standard InChI is InChI=1S/C19H29NS/c1-15(2)13-20-12-11-19(3,4)10-9-16-14-21-18-8-6-5-7-17(16)18/h5-8,14-15,20H,9-13H2,1-4H3. The molecule has 0 aliphatic rings. The van der Waals surface area contributed by atoms with Gasteiger partial charge in [0, 0.05) is 4.70 Å². The van der Waals surface area contributed by atoms with E-state index in [9.17, 15) is 0 Å². The molecule has 1 nitrogen and oxygen atoms in total. The summed E-state index contributed by atoms with van der Waals surface area (Å²) in [5.74, 6) is 0.741. The molecule has 21 heavy (non-hydrogen) atoms.